The van der Waals surface area contributed by atoms with Crippen LogP contribution in [-0.2, 0) is 4.74 Å². The fraction of sp³-hybridized carbons (Fsp3) is 0.500. The Morgan fingerprint density at radius 1 is 0.967 bits per heavy atom. The van der Waals surface area contributed by atoms with Crippen LogP contribution in [0.4, 0.5) is 11.5 Å². The third-order valence-corrected chi connectivity index (χ3v) is 6.22. The lowest BCUT2D eigenvalue weighted by atomic mass is 10.1. The standard InChI is InChI=1S/C24H32N4O2/c1-17-6-5-7-22(20(17)4)26-10-12-27(13-11-26)24(29)21-8-9-23(25-14-21)28-15-18(2)30-19(3)16-28/h5-9,14,18-19H,10-13,15-16H2,1-4H3/t18-,19+. The van der Waals surface area contributed by atoms with Gasteiger partial charge in [-0.05, 0) is 57.0 Å². The molecule has 0 radical (unpaired) electrons. The number of morpholine rings is 1. The number of aromatic nitrogens is 1. The molecule has 2 aromatic rings. The van der Waals surface area contributed by atoms with Gasteiger partial charge in [0.2, 0.25) is 0 Å². The van der Waals surface area contributed by atoms with E-state index < -0.39 is 0 Å². The van der Waals surface area contributed by atoms with Gasteiger partial charge in [0.05, 0.1) is 17.8 Å². The van der Waals surface area contributed by atoms with Gasteiger partial charge in [0.15, 0.2) is 0 Å². The first-order valence-electron chi connectivity index (χ1n) is 10.9. The van der Waals surface area contributed by atoms with Crippen LogP contribution >= 0.6 is 0 Å². The second-order valence-corrected chi connectivity index (χ2v) is 8.57. The van der Waals surface area contributed by atoms with Crippen molar-refractivity contribution in [1.29, 1.82) is 0 Å². The molecule has 2 fully saturated rings. The fourth-order valence-electron chi connectivity index (χ4n) is 4.48. The summed E-state index contributed by atoms with van der Waals surface area (Å²) < 4.78 is 5.80. The van der Waals surface area contributed by atoms with Crippen LogP contribution in [0.5, 0.6) is 0 Å². The summed E-state index contributed by atoms with van der Waals surface area (Å²) in [6.07, 6.45) is 2.09. The number of anilines is 2. The molecule has 6 heteroatoms. The summed E-state index contributed by atoms with van der Waals surface area (Å²) in [5, 5.41) is 0. The van der Waals surface area contributed by atoms with Gasteiger partial charge in [-0.3, -0.25) is 4.79 Å². The number of amides is 1. The van der Waals surface area contributed by atoms with Gasteiger partial charge in [0.1, 0.15) is 5.82 Å². The number of rotatable bonds is 3. The van der Waals surface area contributed by atoms with Gasteiger partial charge < -0.3 is 19.4 Å². The molecular weight excluding hydrogens is 376 g/mol. The van der Waals surface area contributed by atoms with E-state index >= 15 is 0 Å². The van der Waals surface area contributed by atoms with E-state index in [1.165, 1.54) is 16.8 Å². The summed E-state index contributed by atoms with van der Waals surface area (Å²) >= 11 is 0. The Labute approximate surface area is 179 Å². The Kier molecular flexibility index (Phi) is 5.95. The zero-order valence-corrected chi connectivity index (χ0v) is 18.5. The topological polar surface area (TPSA) is 48.9 Å². The van der Waals surface area contributed by atoms with E-state index in [0.29, 0.717) is 5.56 Å². The van der Waals surface area contributed by atoms with Crippen LogP contribution in [0.25, 0.3) is 0 Å². The SMILES string of the molecule is Cc1cccc(N2CCN(C(=O)c3ccc(N4C[C@@H](C)O[C@@H](C)C4)nc3)CC2)c1C. The maximum absolute atomic E-state index is 13.0. The number of carbonyl (C=O) groups is 1. The summed E-state index contributed by atoms with van der Waals surface area (Å²) in [7, 11) is 0. The molecule has 4 rings (SSSR count). The normalized spacial score (nSPS) is 22.3. The van der Waals surface area contributed by atoms with Crippen molar-refractivity contribution >= 4 is 17.4 Å². The molecule has 2 aliphatic rings. The highest BCUT2D eigenvalue weighted by Gasteiger charge is 2.25. The predicted molar refractivity (Wildman–Crippen MR) is 120 cm³/mol. The van der Waals surface area contributed by atoms with E-state index in [1.807, 2.05) is 17.0 Å². The fourth-order valence-corrected chi connectivity index (χ4v) is 4.48. The lowest BCUT2D eigenvalue weighted by Gasteiger charge is -2.37. The minimum Gasteiger partial charge on any atom is -0.372 e. The second kappa shape index (κ2) is 8.64. The average molecular weight is 409 g/mol. The number of pyridine rings is 1. The molecule has 0 N–H and O–H groups in total. The van der Waals surface area contributed by atoms with E-state index in [2.05, 4.69) is 60.7 Å². The maximum Gasteiger partial charge on any atom is 0.255 e. The molecule has 6 nitrogen and oxygen atoms in total. The highest BCUT2D eigenvalue weighted by Crippen LogP contribution is 2.24. The van der Waals surface area contributed by atoms with Crippen molar-refractivity contribution in [2.45, 2.75) is 39.9 Å². The highest BCUT2D eigenvalue weighted by atomic mass is 16.5. The number of hydrogen-bond acceptors (Lipinski definition) is 5. The van der Waals surface area contributed by atoms with E-state index in [9.17, 15) is 4.79 Å². The Hall–Kier alpha value is -2.60. The summed E-state index contributed by atoms with van der Waals surface area (Å²) in [6, 6.07) is 10.3. The van der Waals surface area contributed by atoms with E-state index in [-0.39, 0.29) is 18.1 Å². The Balaban J connectivity index is 1.38. The van der Waals surface area contributed by atoms with Crippen molar-refractivity contribution in [3.63, 3.8) is 0 Å². The number of ether oxygens (including phenoxy) is 1. The molecule has 30 heavy (non-hydrogen) atoms. The van der Waals surface area contributed by atoms with Gasteiger partial charge in [-0.2, -0.15) is 0 Å². The van der Waals surface area contributed by atoms with Crippen LogP contribution in [0.3, 0.4) is 0 Å². The zero-order valence-electron chi connectivity index (χ0n) is 18.5. The average Bonchev–Trinajstić information content (AvgIpc) is 2.75. The lowest BCUT2D eigenvalue weighted by molar-refractivity contribution is -0.00546. The number of carbonyl (C=O) groups excluding carboxylic acids is 1. The van der Waals surface area contributed by atoms with Gasteiger partial charge in [-0.1, -0.05) is 12.1 Å². The lowest BCUT2D eigenvalue weighted by Crippen LogP contribution is -2.49. The second-order valence-electron chi connectivity index (χ2n) is 8.57. The monoisotopic (exact) mass is 408 g/mol. The minimum atomic E-state index is 0.0679. The smallest absolute Gasteiger partial charge is 0.255 e. The molecule has 1 amide bonds. The summed E-state index contributed by atoms with van der Waals surface area (Å²) in [5.41, 5.74) is 4.57. The molecule has 0 aliphatic carbocycles. The molecule has 160 valence electrons. The van der Waals surface area contributed by atoms with Crippen LogP contribution in [0.15, 0.2) is 36.5 Å². The molecule has 2 aliphatic heterocycles. The van der Waals surface area contributed by atoms with Crippen molar-refractivity contribution < 1.29 is 9.53 Å². The molecule has 0 unspecified atom stereocenters. The Morgan fingerprint density at radius 2 is 1.67 bits per heavy atom. The first kappa shape index (κ1) is 20.7. The number of nitrogens with zero attached hydrogens (tertiary/aromatic N) is 4. The van der Waals surface area contributed by atoms with E-state index in [0.717, 1.165) is 45.1 Å². The molecule has 0 saturated carbocycles. The van der Waals surface area contributed by atoms with Crippen LogP contribution in [0, 0.1) is 13.8 Å². The molecule has 0 spiro atoms. The van der Waals surface area contributed by atoms with Gasteiger partial charge in [-0.15, -0.1) is 0 Å². The molecule has 3 heterocycles. The maximum atomic E-state index is 13.0. The number of aryl methyl sites for hydroxylation is 1. The van der Waals surface area contributed by atoms with Gasteiger partial charge in [0.25, 0.3) is 5.91 Å². The molecule has 2 saturated heterocycles. The first-order valence-corrected chi connectivity index (χ1v) is 10.9. The summed E-state index contributed by atoms with van der Waals surface area (Å²) in [4.78, 5) is 24.1. The molecule has 0 bridgehead atoms. The van der Waals surface area contributed by atoms with Crippen LogP contribution in [-0.4, -0.2) is 67.3 Å². The zero-order chi connectivity index (χ0) is 21.3. The van der Waals surface area contributed by atoms with Crippen molar-refractivity contribution in [3.8, 4) is 0 Å². The first-order chi connectivity index (χ1) is 14.4. The predicted octanol–water partition coefficient (Wildman–Crippen LogP) is 3.27. The highest BCUT2D eigenvalue weighted by molar-refractivity contribution is 5.94. The largest absolute Gasteiger partial charge is 0.372 e. The summed E-state index contributed by atoms with van der Waals surface area (Å²) in [6.45, 7) is 13.3. The molecule has 1 aromatic carbocycles. The van der Waals surface area contributed by atoms with Gasteiger partial charge in [-0.25, -0.2) is 4.98 Å². The van der Waals surface area contributed by atoms with Crippen molar-refractivity contribution in [2.75, 3.05) is 49.1 Å². The van der Waals surface area contributed by atoms with Gasteiger partial charge in [0, 0.05) is 51.2 Å². The van der Waals surface area contributed by atoms with E-state index in [4.69, 9.17) is 4.74 Å². The summed E-state index contributed by atoms with van der Waals surface area (Å²) in [5.74, 6) is 0.978. The van der Waals surface area contributed by atoms with E-state index in [1.54, 1.807) is 6.20 Å². The van der Waals surface area contributed by atoms with Crippen molar-refractivity contribution in [3.05, 3.63) is 53.2 Å². The van der Waals surface area contributed by atoms with Crippen molar-refractivity contribution in [2.24, 2.45) is 0 Å². The van der Waals surface area contributed by atoms with Crippen LogP contribution in [0.2, 0.25) is 0 Å². The number of hydrogen-bond donors (Lipinski definition) is 0. The third kappa shape index (κ3) is 4.29. The molecular formula is C24H32N4O2. The quantitative estimate of drug-likeness (QED) is 0.780. The Morgan fingerprint density at radius 3 is 2.30 bits per heavy atom. The number of piperazine rings is 1. The third-order valence-electron chi connectivity index (χ3n) is 6.22. The van der Waals surface area contributed by atoms with Crippen LogP contribution in [0.1, 0.15) is 35.3 Å². The molecule has 2 atom stereocenters. The molecule has 1 aromatic heterocycles. The Bertz CT molecular complexity index is 881. The van der Waals surface area contributed by atoms with Crippen molar-refractivity contribution in [1.82, 2.24) is 9.88 Å². The van der Waals surface area contributed by atoms with Gasteiger partial charge >= 0.3 is 0 Å². The van der Waals surface area contributed by atoms with Crippen LogP contribution < -0.4 is 9.80 Å². The number of benzene rings is 1. The minimum absolute atomic E-state index is 0.0679.